The number of aliphatic imine (C=N–C) groups is 1. The van der Waals surface area contributed by atoms with Gasteiger partial charge in [-0.3, -0.25) is 10.1 Å². The van der Waals surface area contributed by atoms with Gasteiger partial charge in [0.1, 0.15) is 6.61 Å². The minimum atomic E-state index is -0.584. The van der Waals surface area contributed by atoms with Crippen molar-refractivity contribution in [2.24, 2.45) is 4.99 Å². The summed E-state index contributed by atoms with van der Waals surface area (Å²) in [4.78, 5) is 27.1. The molecule has 0 spiro atoms. The number of non-ortho nitro benzene ring substituents is 1. The molecule has 1 aliphatic rings. The Kier molecular flexibility index (Phi) is 6.89. The summed E-state index contributed by atoms with van der Waals surface area (Å²) in [5.74, 6) is 0.483. The van der Waals surface area contributed by atoms with Crippen molar-refractivity contribution in [3.05, 3.63) is 104 Å². The van der Waals surface area contributed by atoms with Crippen molar-refractivity contribution in [1.82, 2.24) is 0 Å². The second kappa shape index (κ2) is 10.2. The van der Waals surface area contributed by atoms with Crippen molar-refractivity contribution in [2.45, 2.75) is 13.5 Å². The highest BCUT2D eigenvalue weighted by Crippen LogP contribution is 2.31. The summed E-state index contributed by atoms with van der Waals surface area (Å²) in [6.45, 7) is 2.36. The SMILES string of the molecule is CCOc1cc(/C=C2\N=C(c3ccccc3Cl)OC2=O)ccc1OCc1cccc([N+](=O)[O-])c1. The van der Waals surface area contributed by atoms with Crippen molar-refractivity contribution in [2.75, 3.05) is 6.61 Å². The Balaban J connectivity index is 1.56. The molecule has 3 aromatic carbocycles. The number of nitrogens with zero attached hydrogens (tertiary/aromatic N) is 2. The molecular weight excluding hydrogens is 460 g/mol. The number of hydrogen-bond acceptors (Lipinski definition) is 7. The maximum absolute atomic E-state index is 12.3. The van der Waals surface area contributed by atoms with E-state index in [1.807, 2.05) is 6.92 Å². The van der Waals surface area contributed by atoms with E-state index in [4.69, 9.17) is 25.8 Å². The zero-order chi connectivity index (χ0) is 24.1. The molecular formula is C25H19ClN2O6. The predicted octanol–water partition coefficient (Wildman–Crippen LogP) is 5.57. The maximum atomic E-state index is 12.3. The van der Waals surface area contributed by atoms with Crippen LogP contribution >= 0.6 is 11.6 Å². The zero-order valence-corrected chi connectivity index (χ0v) is 18.8. The number of benzene rings is 3. The van der Waals surface area contributed by atoms with Gasteiger partial charge in [0.2, 0.25) is 5.90 Å². The first-order valence-electron chi connectivity index (χ1n) is 10.3. The molecule has 0 unspecified atom stereocenters. The number of nitro benzene ring substituents is 1. The topological polar surface area (TPSA) is 100 Å². The van der Waals surface area contributed by atoms with E-state index in [0.717, 1.165) is 0 Å². The van der Waals surface area contributed by atoms with Crippen molar-refractivity contribution in [1.29, 1.82) is 0 Å². The van der Waals surface area contributed by atoms with Gasteiger partial charge in [-0.05, 0) is 48.4 Å². The van der Waals surface area contributed by atoms with Crippen molar-refractivity contribution in [3.8, 4) is 11.5 Å². The number of rotatable bonds is 8. The van der Waals surface area contributed by atoms with Gasteiger partial charge in [0.15, 0.2) is 17.2 Å². The Morgan fingerprint density at radius 1 is 1.06 bits per heavy atom. The first kappa shape index (κ1) is 23.0. The molecule has 0 bridgehead atoms. The van der Waals surface area contributed by atoms with E-state index in [1.165, 1.54) is 12.1 Å². The number of carbonyl (C=O) groups excluding carboxylic acids is 1. The van der Waals surface area contributed by atoms with Gasteiger partial charge in [-0.15, -0.1) is 0 Å². The van der Waals surface area contributed by atoms with Crippen LogP contribution < -0.4 is 9.47 Å². The maximum Gasteiger partial charge on any atom is 0.363 e. The van der Waals surface area contributed by atoms with Gasteiger partial charge in [-0.25, -0.2) is 9.79 Å². The Morgan fingerprint density at radius 2 is 1.88 bits per heavy atom. The molecule has 0 saturated heterocycles. The number of halogens is 1. The Labute approximate surface area is 200 Å². The molecule has 34 heavy (non-hydrogen) atoms. The molecule has 1 heterocycles. The molecule has 0 saturated carbocycles. The van der Waals surface area contributed by atoms with Crippen LogP contribution in [0.15, 0.2) is 77.4 Å². The molecule has 4 rings (SSSR count). The second-order valence-corrected chi connectivity index (χ2v) is 7.58. The van der Waals surface area contributed by atoms with E-state index in [2.05, 4.69) is 4.99 Å². The lowest BCUT2D eigenvalue weighted by Gasteiger charge is -2.13. The van der Waals surface area contributed by atoms with Gasteiger partial charge in [0.05, 0.1) is 22.1 Å². The molecule has 0 aliphatic carbocycles. The lowest BCUT2D eigenvalue weighted by molar-refractivity contribution is -0.384. The van der Waals surface area contributed by atoms with E-state index in [9.17, 15) is 14.9 Å². The van der Waals surface area contributed by atoms with Gasteiger partial charge in [0.25, 0.3) is 5.69 Å². The highest BCUT2D eigenvalue weighted by Gasteiger charge is 2.25. The largest absolute Gasteiger partial charge is 0.490 e. The van der Waals surface area contributed by atoms with Crippen molar-refractivity contribution < 1.29 is 23.9 Å². The summed E-state index contributed by atoms with van der Waals surface area (Å²) < 4.78 is 16.8. The fraction of sp³-hybridized carbons (Fsp3) is 0.120. The first-order valence-corrected chi connectivity index (χ1v) is 10.7. The zero-order valence-electron chi connectivity index (χ0n) is 18.1. The molecule has 0 atom stereocenters. The smallest absolute Gasteiger partial charge is 0.363 e. The molecule has 0 aromatic heterocycles. The fourth-order valence-electron chi connectivity index (χ4n) is 3.24. The van der Waals surface area contributed by atoms with Crippen LogP contribution in [0.4, 0.5) is 5.69 Å². The lowest BCUT2D eigenvalue weighted by atomic mass is 10.1. The molecule has 1 aliphatic heterocycles. The van der Waals surface area contributed by atoms with Crippen molar-refractivity contribution in [3.63, 3.8) is 0 Å². The number of carbonyl (C=O) groups is 1. The molecule has 3 aromatic rings. The van der Waals surface area contributed by atoms with Gasteiger partial charge < -0.3 is 14.2 Å². The summed E-state index contributed by atoms with van der Waals surface area (Å²) in [7, 11) is 0. The van der Waals surface area contributed by atoms with Crippen LogP contribution in [0.2, 0.25) is 5.02 Å². The van der Waals surface area contributed by atoms with Crippen LogP contribution in [0.3, 0.4) is 0 Å². The predicted molar refractivity (Wildman–Crippen MR) is 127 cm³/mol. The average Bonchev–Trinajstić information content (AvgIpc) is 3.19. The minimum absolute atomic E-state index is 0.00623. The summed E-state index contributed by atoms with van der Waals surface area (Å²) in [6, 6.07) is 18.4. The Bertz CT molecular complexity index is 1320. The second-order valence-electron chi connectivity index (χ2n) is 7.17. The fourth-order valence-corrected chi connectivity index (χ4v) is 3.46. The number of hydrogen-bond donors (Lipinski definition) is 0. The van der Waals surface area contributed by atoms with E-state index in [-0.39, 0.29) is 23.9 Å². The van der Waals surface area contributed by atoms with Crippen LogP contribution in [0, 0.1) is 10.1 Å². The highest BCUT2D eigenvalue weighted by molar-refractivity contribution is 6.34. The summed E-state index contributed by atoms with van der Waals surface area (Å²) in [5, 5.41) is 11.4. The molecule has 0 fully saturated rings. The summed E-state index contributed by atoms with van der Waals surface area (Å²) >= 11 is 6.18. The number of cyclic esters (lactones) is 1. The van der Waals surface area contributed by atoms with Gasteiger partial charge >= 0.3 is 5.97 Å². The monoisotopic (exact) mass is 478 g/mol. The molecule has 172 valence electrons. The molecule has 0 N–H and O–H groups in total. The summed E-state index contributed by atoms with van der Waals surface area (Å²) in [5.41, 5.74) is 1.96. The minimum Gasteiger partial charge on any atom is -0.490 e. The molecule has 0 amide bonds. The highest BCUT2D eigenvalue weighted by atomic mass is 35.5. The average molecular weight is 479 g/mol. The van der Waals surface area contributed by atoms with Crippen LogP contribution in [0.5, 0.6) is 11.5 Å². The molecule has 0 radical (unpaired) electrons. The number of esters is 1. The van der Waals surface area contributed by atoms with Gasteiger partial charge in [-0.2, -0.15) is 0 Å². The van der Waals surface area contributed by atoms with E-state index in [0.29, 0.717) is 39.8 Å². The van der Waals surface area contributed by atoms with E-state index < -0.39 is 10.9 Å². The quantitative estimate of drug-likeness (QED) is 0.181. The van der Waals surface area contributed by atoms with E-state index >= 15 is 0 Å². The normalized spacial score (nSPS) is 14.0. The Hall–Kier alpha value is -4.17. The molecule has 8 nitrogen and oxygen atoms in total. The van der Waals surface area contributed by atoms with Crippen molar-refractivity contribution >= 4 is 35.2 Å². The third kappa shape index (κ3) is 5.24. The lowest BCUT2D eigenvalue weighted by Crippen LogP contribution is -2.05. The van der Waals surface area contributed by atoms with Crippen LogP contribution in [-0.4, -0.2) is 23.4 Å². The third-order valence-corrected chi connectivity index (χ3v) is 5.14. The Morgan fingerprint density at radius 3 is 2.65 bits per heavy atom. The van der Waals surface area contributed by atoms with Crippen LogP contribution in [0.25, 0.3) is 6.08 Å². The van der Waals surface area contributed by atoms with Crippen LogP contribution in [0.1, 0.15) is 23.6 Å². The van der Waals surface area contributed by atoms with Crippen LogP contribution in [-0.2, 0) is 16.1 Å². The standard InChI is InChI=1S/C25H19ClN2O6/c1-2-32-23-14-16(10-11-22(23)33-15-17-6-5-7-18(12-17)28(30)31)13-21-25(29)34-24(27-21)19-8-3-4-9-20(19)26/h3-14H,2,15H2,1H3/b21-13-. The number of ether oxygens (including phenoxy) is 3. The van der Waals surface area contributed by atoms with Gasteiger partial charge in [-0.1, -0.05) is 41.9 Å². The third-order valence-electron chi connectivity index (χ3n) is 4.81. The summed E-state index contributed by atoms with van der Waals surface area (Å²) in [6.07, 6.45) is 1.58. The first-order chi connectivity index (χ1) is 16.4. The number of nitro groups is 1. The molecule has 9 heteroatoms. The van der Waals surface area contributed by atoms with Gasteiger partial charge in [0, 0.05) is 12.1 Å². The van der Waals surface area contributed by atoms with E-state index in [1.54, 1.807) is 60.7 Å².